The number of aliphatic hydroxyl groups is 1. The van der Waals surface area contributed by atoms with E-state index in [0.29, 0.717) is 6.42 Å². The summed E-state index contributed by atoms with van der Waals surface area (Å²) >= 11 is 0. The van der Waals surface area contributed by atoms with Crippen LogP contribution >= 0.6 is 0 Å². The zero-order chi connectivity index (χ0) is 9.31. The van der Waals surface area contributed by atoms with Gasteiger partial charge in [-0.25, -0.2) is 0 Å². The molecule has 2 unspecified atom stereocenters. The van der Waals surface area contributed by atoms with Crippen molar-refractivity contribution in [2.75, 3.05) is 0 Å². The molecule has 0 aromatic carbocycles. The Bertz CT molecular complexity index is 244. The maximum absolute atomic E-state index is 11.2. The molecule has 2 atom stereocenters. The van der Waals surface area contributed by atoms with Gasteiger partial charge in [-0.2, -0.15) is 0 Å². The van der Waals surface area contributed by atoms with E-state index in [4.69, 9.17) is 0 Å². The van der Waals surface area contributed by atoms with Crippen molar-refractivity contribution in [3.8, 4) is 0 Å². The van der Waals surface area contributed by atoms with E-state index in [0.717, 1.165) is 25.7 Å². The van der Waals surface area contributed by atoms with Crippen LogP contribution in [0.3, 0.4) is 0 Å². The van der Waals surface area contributed by atoms with Gasteiger partial charge < -0.3 is 5.11 Å². The lowest BCUT2D eigenvalue weighted by Gasteiger charge is -2.30. The van der Waals surface area contributed by atoms with Crippen LogP contribution in [0.15, 0.2) is 12.2 Å². The third-order valence-corrected chi connectivity index (χ3v) is 3.39. The first-order chi connectivity index (χ1) is 6.23. The van der Waals surface area contributed by atoms with Gasteiger partial charge in [0.15, 0.2) is 5.78 Å². The highest BCUT2D eigenvalue weighted by atomic mass is 16.3. The van der Waals surface area contributed by atoms with Crippen molar-refractivity contribution in [2.45, 2.75) is 44.6 Å². The van der Waals surface area contributed by atoms with E-state index in [1.807, 2.05) is 6.08 Å². The van der Waals surface area contributed by atoms with Crippen molar-refractivity contribution >= 4 is 5.78 Å². The molecule has 72 valence electrons. The smallest absolute Gasteiger partial charge is 0.156 e. The van der Waals surface area contributed by atoms with Gasteiger partial charge in [0.2, 0.25) is 0 Å². The minimum absolute atomic E-state index is 0.181. The zero-order valence-corrected chi connectivity index (χ0v) is 7.83. The van der Waals surface area contributed by atoms with Crippen molar-refractivity contribution in [1.82, 2.24) is 0 Å². The summed E-state index contributed by atoms with van der Waals surface area (Å²) in [5.74, 6) is 0.181. The monoisotopic (exact) mass is 180 g/mol. The second-order valence-corrected chi connectivity index (χ2v) is 4.32. The molecule has 0 aromatic rings. The standard InChI is InChI=1S/C11H16O2/c12-9-5-7-11(8-9)6-3-1-2-4-10(11)13/h5,7,10,13H,1-4,6,8H2. The van der Waals surface area contributed by atoms with Gasteiger partial charge in [0, 0.05) is 11.8 Å². The Kier molecular flexibility index (Phi) is 2.24. The fourth-order valence-electron chi connectivity index (χ4n) is 2.52. The minimum Gasteiger partial charge on any atom is -0.392 e. The average molecular weight is 180 g/mol. The van der Waals surface area contributed by atoms with E-state index in [1.165, 1.54) is 6.42 Å². The molecule has 2 heteroatoms. The van der Waals surface area contributed by atoms with Crippen LogP contribution in [-0.4, -0.2) is 17.0 Å². The molecule has 1 spiro atoms. The SMILES string of the molecule is O=C1C=CC2(CCCCCC2O)C1. The lowest BCUT2D eigenvalue weighted by atomic mass is 9.78. The van der Waals surface area contributed by atoms with Gasteiger partial charge in [-0.1, -0.05) is 25.3 Å². The Morgan fingerprint density at radius 2 is 2.23 bits per heavy atom. The van der Waals surface area contributed by atoms with Gasteiger partial charge in [0.05, 0.1) is 6.10 Å². The average Bonchev–Trinajstić information content (AvgIpc) is 2.38. The van der Waals surface area contributed by atoms with Gasteiger partial charge >= 0.3 is 0 Å². The normalized spacial score (nSPS) is 39.8. The van der Waals surface area contributed by atoms with Crippen LogP contribution in [0.1, 0.15) is 38.5 Å². The van der Waals surface area contributed by atoms with Gasteiger partial charge in [-0.05, 0) is 18.9 Å². The molecule has 1 saturated carbocycles. The summed E-state index contributed by atoms with van der Waals surface area (Å²) in [6.45, 7) is 0. The van der Waals surface area contributed by atoms with Crippen LogP contribution < -0.4 is 0 Å². The summed E-state index contributed by atoms with van der Waals surface area (Å²) in [5.41, 5.74) is -0.187. The topological polar surface area (TPSA) is 37.3 Å². The lowest BCUT2D eigenvalue weighted by molar-refractivity contribution is -0.116. The summed E-state index contributed by atoms with van der Waals surface area (Å²) < 4.78 is 0. The van der Waals surface area contributed by atoms with Gasteiger partial charge in [0.1, 0.15) is 0 Å². The van der Waals surface area contributed by atoms with Crippen LogP contribution in [0.2, 0.25) is 0 Å². The Labute approximate surface area is 78.6 Å². The third kappa shape index (κ3) is 1.55. The molecule has 0 aliphatic heterocycles. The number of allylic oxidation sites excluding steroid dienone is 1. The van der Waals surface area contributed by atoms with Crippen molar-refractivity contribution in [3.05, 3.63) is 12.2 Å². The van der Waals surface area contributed by atoms with Crippen LogP contribution in [0.5, 0.6) is 0 Å². The minimum atomic E-state index is -0.294. The maximum Gasteiger partial charge on any atom is 0.156 e. The summed E-state index contributed by atoms with van der Waals surface area (Å²) in [7, 11) is 0. The quantitative estimate of drug-likeness (QED) is 0.617. The zero-order valence-electron chi connectivity index (χ0n) is 7.83. The molecule has 0 radical (unpaired) electrons. The van der Waals surface area contributed by atoms with Crippen LogP contribution in [0.4, 0.5) is 0 Å². The van der Waals surface area contributed by atoms with Crippen LogP contribution in [0, 0.1) is 5.41 Å². The molecule has 1 fully saturated rings. The largest absolute Gasteiger partial charge is 0.392 e. The molecule has 2 nitrogen and oxygen atoms in total. The fourth-order valence-corrected chi connectivity index (χ4v) is 2.52. The molecule has 0 amide bonds. The highest BCUT2D eigenvalue weighted by Crippen LogP contribution is 2.42. The number of carbonyl (C=O) groups excluding carboxylic acids is 1. The number of carbonyl (C=O) groups is 1. The van der Waals surface area contributed by atoms with E-state index in [1.54, 1.807) is 6.08 Å². The molecule has 2 aliphatic rings. The summed E-state index contributed by atoms with van der Waals surface area (Å²) in [6.07, 6.45) is 9.13. The first kappa shape index (κ1) is 8.95. The number of hydrogen-bond acceptors (Lipinski definition) is 2. The Morgan fingerprint density at radius 3 is 2.92 bits per heavy atom. The van der Waals surface area contributed by atoms with Gasteiger partial charge in [0.25, 0.3) is 0 Å². The molecule has 0 aromatic heterocycles. The van der Waals surface area contributed by atoms with Crippen LogP contribution in [0.25, 0.3) is 0 Å². The third-order valence-electron chi connectivity index (χ3n) is 3.39. The van der Waals surface area contributed by atoms with E-state index in [-0.39, 0.29) is 17.3 Å². The van der Waals surface area contributed by atoms with Crippen molar-refractivity contribution in [3.63, 3.8) is 0 Å². The predicted molar refractivity (Wildman–Crippen MR) is 50.3 cm³/mol. The highest BCUT2D eigenvalue weighted by molar-refractivity contribution is 5.93. The van der Waals surface area contributed by atoms with Crippen molar-refractivity contribution < 1.29 is 9.90 Å². The van der Waals surface area contributed by atoms with Crippen molar-refractivity contribution in [1.29, 1.82) is 0 Å². The summed E-state index contributed by atoms with van der Waals surface area (Å²) in [4.78, 5) is 11.2. The Hall–Kier alpha value is -0.630. The second-order valence-electron chi connectivity index (χ2n) is 4.32. The number of rotatable bonds is 0. The maximum atomic E-state index is 11.2. The molecule has 0 bridgehead atoms. The molecular weight excluding hydrogens is 164 g/mol. The molecule has 2 rings (SSSR count). The van der Waals surface area contributed by atoms with E-state index in [9.17, 15) is 9.90 Å². The van der Waals surface area contributed by atoms with E-state index >= 15 is 0 Å². The van der Waals surface area contributed by atoms with Gasteiger partial charge in [-0.3, -0.25) is 4.79 Å². The molecule has 0 saturated heterocycles. The van der Waals surface area contributed by atoms with Crippen molar-refractivity contribution in [2.24, 2.45) is 5.41 Å². The lowest BCUT2D eigenvalue weighted by Crippen LogP contribution is -2.31. The first-order valence-electron chi connectivity index (χ1n) is 5.13. The van der Waals surface area contributed by atoms with Crippen LogP contribution in [-0.2, 0) is 4.79 Å². The summed E-state index contributed by atoms with van der Waals surface area (Å²) in [6, 6.07) is 0. The predicted octanol–water partition coefficient (Wildman–Crippen LogP) is 1.83. The molecule has 1 N–H and O–H groups in total. The van der Waals surface area contributed by atoms with Gasteiger partial charge in [-0.15, -0.1) is 0 Å². The molecule has 13 heavy (non-hydrogen) atoms. The Balaban J connectivity index is 2.18. The molecular formula is C11H16O2. The number of ketones is 1. The number of hydrogen-bond donors (Lipinski definition) is 1. The molecule has 2 aliphatic carbocycles. The summed E-state index contributed by atoms with van der Waals surface area (Å²) in [5, 5.41) is 9.95. The number of aliphatic hydroxyl groups excluding tert-OH is 1. The first-order valence-corrected chi connectivity index (χ1v) is 5.13. The van der Waals surface area contributed by atoms with E-state index in [2.05, 4.69) is 0 Å². The van der Waals surface area contributed by atoms with E-state index < -0.39 is 0 Å². The molecule has 0 heterocycles. The Morgan fingerprint density at radius 1 is 1.38 bits per heavy atom. The second kappa shape index (κ2) is 3.26. The fraction of sp³-hybridized carbons (Fsp3) is 0.727. The highest BCUT2D eigenvalue weighted by Gasteiger charge is 2.40.